The Labute approximate surface area is 117 Å². The van der Waals surface area contributed by atoms with E-state index in [0.717, 1.165) is 12.3 Å². The molecule has 0 aromatic carbocycles. The van der Waals surface area contributed by atoms with Crippen LogP contribution in [0.3, 0.4) is 0 Å². The molecular weight excluding hydrogens is 243 g/mol. The second-order valence-corrected chi connectivity index (χ2v) is 5.51. The molecule has 2 nitrogen and oxygen atoms in total. The van der Waals surface area contributed by atoms with Crippen LogP contribution in [0.5, 0.6) is 0 Å². The smallest absolute Gasteiger partial charge is 0.152 e. The monoisotopic (exact) mass is 278 g/mol. The summed E-state index contributed by atoms with van der Waals surface area (Å²) in [6.07, 6.45) is 11.8. The maximum atomic E-state index is 8.44. The van der Waals surface area contributed by atoms with Gasteiger partial charge in [-0.1, -0.05) is 72.6 Å². The molecule has 0 radical (unpaired) electrons. The van der Waals surface area contributed by atoms with Gasteiger partial charge >= 0.3 is 0 Å². The summed E-state index contributed by atoms with van der Waals surface area (Å²) >= 11 is 0. The van der Waals surface area contributed by atoms with Crippen LogP contribution in [0.15, 0.2) is 0 Å². The Bertz CT molecular complexity index is 118. The maximum absolute atomic E-state index is 8.44. The zero-order valence-electron chi connectivity index (χ0n) is 13.0. The first-order valence-electron chi connectivity index (χ1n) is 7.73. The van der Waals surface area contributed by atoms with Gasteiger partial charge in [-0.05, 0) is 18.8 Å². The minimum Gasteiger partial charge on any atom is -0.352 e. The molecule has 2 unspecified atom stereocenters. The van der Waals surface area contributed by atoms with E-state index in [-0.39, 0.29) is 9.03 Å². The molecule has 0 saturated carbocycles. The van der Waals surface area contributed by atoms with Crippen LogP contribution in [0.4, 0.5) is 0 Å². The Balaban J connectivity index is 0. The van der Waals surface area contributed by atoms with Crippen molar-refractivity contribution in [2.75, 3.05) is 6.61 Å². The zero-order valence-corrected chi connectivity index (χ0v) is 14.0. The van der Waals surface area contributed by atoms with E-state index in [1.165, 1.54) is 51.4 Å². The van der Waals surface area contributed by atoms with E-state index in [4.69, 9.17) is 9.42 Å². The molecule has 0 fully saturated rings. The molecule has 0 aromatic rings. The van der Waals surface area contributed by atoms with E-state index in [2.05, 4.69) is 27.7 Å². The minimum atomic E-state index is -0.338. The van der Waals surface area contributed by atoms with Gasteiger partial charge in [0.05, 0.1) is 6.61 Å². The molecule has 0 rings (SSSR count). The molecule has 2 atom stereocenters. The minimum absolute atomic E-state index is 0.338. The van der Waals surface area contributed by atoms with Crippen molar-refractivity contribution in [2.24, 2.45) is 5.92 Å². The van der Waals surface area contributed by atoms with Gasteiger partial charge < -0.3 is 9.42 Å². The van der Waals surface area contributed by atoms with Crippen molar-refractivity contribution in [1.29, 1.82) is 0 Å². The third-order valence-corrected chi connectivity index (χ3v) is 3.39. The van der Waals surface area contributed by atoms with Crippen LogP contribution in [0, 0.1) is 5.92 Å². The molecule has 18 heavy (non-hydrogen) atoms. The first kappa shape index (κ1) is 20.7. The van der Waals surface area contributed by atoms with Crippen LogP contribution in [0.2, 0.25) is 0 Å². The largest absolute Gasteiger partial charge is 0.352 e. The fourth-order valence-electron chi connectivity index (χ4n) is 1.61. The first-order valence-corrected chi connectivity index (χ1v) is 8.59. The van der Waals surface area contributed by atoms with E-state index < -0.39 is 0 Å². The van der Waals surface area contributed by atoms with Gasteiger partial charge in [0.2, 0.25) is 0 Å². The Kier molecular flexibility index (Phi) is 22.6. The van der Waals surface area contributed by atoms with E-state index in [9.17, 15) is 0 Å². The molecule has 0 aliphatic carbocycles. The zero-order chi connectivity index (χ0) is 14.1. The lowest BCUT2D eigenvalue weighted by Gasteiger charge is -2.10. The third-order valence-electron chi connectivity index (χ3n) is 3.06. The number of unbranched alkanes of at least 4 members (excludes halogenated alkanes) is 4. The average molecular weight is 278 g/mol. The highest BCUT2D eigenvalue weighted by molar-refractivity contribution is 7.24. The molecule has 0 amide bonds. The molecule has 0 aliphatic rings. The van der Waals surface area contributed by atoms with Crippen molar-refractivity contribution < 1.29 is 9.42 Å². The quantitative estimate of drug-likeness (QED) is 0.388. The molecule has 0 heterocycles. The average Bonchev–Trinajstić information content (AvgIpc) is 2.40. The van der Waals surface area contributed by atoms with Gasteiger partial charge in [-0.2, -0.15) is 0 Å². The second-order valence-electron chi connectivity index (χ2n) is 5.04. The highest BCUT2D eigenvalue weighted by Gasteiger charge is 2.01. The van der Waals surface area contributed by atoms with Crippen molar-refractivity contribution in [1.82, 2.24) is 0 Å². The summed E-state index contributed by atoms with van der Waals surface area (Å²) < 4.78 is 4.91. The van der Waals surface area contributed by atoms with Gasteiger partial charge in [-0.25, -0.2) is 0 Å². The summed E-state index contributed by atoms with van der Waals surface area (Å²) in [6, 6.07) is 0. The molecule has 0 bridgehead atoms. The van der Waals surface area contributed by atoms with Crippen LogP contribution < -0.4 is 0 Å². The van der Waals surface area contributed by atoms with Crippen LogP contribution in [-0.2, 0) is 4.52 Å². The lowest BCUT2D eigenvalue weighted by atomic mass is 9.98. The Morgan fingerprint density at radius 3 is 2.00 bits per heavy atom. The molecule has 112 valence electrons. The van der Waals surface area contributed by atoms with Gasteiger partial charge in [-0.15, -0.1) is 0 Å². The molecule has 0 aliphatic heterocycles. The van der Waals surface area contributed by atoms with Crippen LogP contribution >= 0.6 is 9.03 Å². The van der Waals surface area contributed by atoms with E-state index in [1.54, 1.807) is 0 Å². The topological polar surface area (TPSA) is 29.5 Å². The summed E-state index contributed by atoms with van der Waals surface area (Å²) in [6.45, 7) is 9.64. The summed E-state index contributed by atoms with van der Waals surface area (Å²) in [5, 5.41) is 0. The van der Waals surface area contributed by atoms with Crippen molar-refractivity contribution in [2.45, 2.75) is 85.5 Å². The van der Waals surface area contributed by atoms with Gasteiger partial charge in [0.25, 0.3) is 0 Å². The van der Waals surface area contributed by atoms with Crippen molar-refractivity contribution in [3.63, 3.8) is 0 Å². The first-order chi connectivity index (χ1) is 8.72. The Morgan fingerprint density at radius 1 is 0.889 bits per heavy atom. The third kappa shape index (κ3) is 21.6. The van der Waals surface area contributed by atoms with E-state index in [0.29, 0.717) is 6.61 Å². The normalized spacial score (nSPS) is 12.5. The van der Waals surface area contributed by atoms with Gasteiger partial charge in [0, 0.05) is 0 Å². The molecule has 0 saturated heterocycles. The summed E-state index contributed by atoms with van der Waals surface area (Å²) in [5.41, 5.74) is 0. The predicted molar refractivity (Wildman–Crippen MR) is 84.2 cm³/mol. The van der Waals surface area contributed by atoms with Crippen molar-refractivity contribution >= 4 is 9.03 Å². The predicted octanol–water partition coefficient (Wildman–Crippen LogP) is 5.70. The molecular formula is C15H35O2P. The van der Waals surface area contributed by atoms with Crippen molar-refractivity contribution in [3.8, 4) is 0 Å². The molecule has 1 N–H and O–H groups in total. The van der Waals surface area contributed by atoms with Crippen LogP contribution in [0.1, 0.15) is 85.5 Å². The summed E-state index contributed by atoms with van der Waals surface area (Å²) in [7, 11) is -0.338. The van der Waals surface area contributed by atoms with E-state index in [1.807, 2.05) is 0 Å². The van der Waals surface area contributed by atoms with Crippen LogP contribution in [0.25, 0.3) is 0 Å². The lowest BCUT2D eigenvalue weighted by molar-refractivity contribution is 0.299. The van der Waals surface area contributed by atoms with E-state index >= 15 is 0 Å². The molecule has 0 aromatic heterocycles. The van der Waals surface area contributed by atoms with Gasteiger partial charge in [-0.3, -0.25) is 0 Å². The fraction of sp³-hybridized carbons (Fsp3) is 1.00. The highest BCUT2D eigenvalue weighted by Crippen LogP contribution is 2.16. The number of hydrogen-bond acceptors (Lipinski definition) is 2. The summed E-state index contributed by atoms with van der Waals surface area (Å²) in [4.78, 5) is 8.44. The lowest BCUT2D eigenvalue weighted by Crippen LogP contribution is -1.97. The fourth-order valence-corrected chi connectivity index (χ4v) is 1.85. The second kappa shape index (κ2) is 19.7. The Hall–Kier alpha value is 0.350. The Morgan fingerprint density at radius 2 is 1.50 bits per heavy atom. The molecule has 0 spiro atoms. The van der Waals surface area contributed by atoms with Gasteiger partial charge in [0.15, 0.2) is 9.03 Å². The number of hydrogen-bond donors (Lipinski definition) is 1. The SMILES string of the molecule is CCCC.CCCCCCC(C)CCCOPO. The van der Waals surface area contributed by atoms with Crippen molar-refractivity contribution in [3.05, 3.63) is 0 Å². The molecule has 3 heteroatoms. The standard InChI is InChI=1S/C11H25O2P.C4H10/c1-3-4-5-6-8-11(2)9-7-10-13-14-12;1-3-4-2/h11-12,14H,3-10H2,1-2H3;3-4H2,1-2H3. The maximum Gasteiger partial charge on any atom is 0.152 e. The van der Waals surface area contributed by atoms with Gasteiger partial charge in [0.1, 0.15) is 0 Å². The number of rotatable bonds is 11. The van der Waals surface area contributed by atoms with Crippen LogP contribution in [-0.4, -0.2) is 11.5 Å². The summed E-state index contributed by atoms with van der Waals surface area (Å²) in [5.74, 6) is 0.817. The highest BCUT2D eigenvalue weighted by atomic mass is 31.1.